The molecule has 1 aliphatic carbocycles. The van der Waals surface area contributed by atoms with Gasteiger partial charge in [0.25, 0.3) is 0 Å². The van der Waals surface area contributed by atoms with Gasteiger partial charge in [-0.05, 0) is 31.2 Å². The summed E-state index contributed by atoms with van der Waals surface area (Å²) in [5.74, 6) is 0.0649. The third kappa shape index (κ3) is 7.82. The minimum Gasteiger partial charge on any atom is -0.467 e. The van der Waals surface area contributed by atoms with Crippen molar-refractivity contribution in [3.05, 3.63) is 72.4 Å². The predicted molar refractivity (Wildman–Crippen MR) is 166 cm³/mol. The molecule has 1 aliphatic heterocycles. The second-order valence-electron chi connectivity index (χ2n) is 11.2. The zero-order chi connectivity index (χ0) is 32.8. The van der Waals surface area contributed by atoms with Crippen molar-refractivity contribution in [2.45, 2.75) is 56.5 Å². The molecule has 4 heterocycles. The number of urea groups is 1. The molecule has 2 aliphatic rings. The predicted octanol–water partition coefficient (Wildman–Crippen LogP) is 4.70. The molecule has 13 nitrogen and oxygen atoms in total. The number of halogens is 3. The van der Waals surface area contributed by atoms with Crippen LogP contribution in [-0.2, 0) is 17.5 Å². The Labute approximate surface area is 268 Å². The van der Waals surface area contributed by atoms with Crippen LogP contribution in [0, 0.1) is 0 Å². The fourth-order valence-electron chi connectivity index (χ4n) is 5.39. The fourth-order valence-corrected chi connectivity index (χ4v) is 5.39. The highest BCUT2D eigenvalue weighted by Gasteiger charge is 2.37. The van der Waals surface area contributed by atoms with Crippen LogP contribution in [-0.4, -0.2) is 74.4 Å². The molecule has 47 heavy (non-hydrogen) atoms. The summed E-state index contributed by atoms with van der Waals surface area (Å²) >= 11 is 0. The number of aromatic nitrogens is 6. The van der Waals surface area contributed by atoms with Gasteiger partial charge >= 0.3 is 18.2 Å². The summed E-state index contributed by atoms with van der Waals surface area (Å²) in [6, 6.07) is 8.87. The second-order valence-corrected chi connectivity index (χ2v) is 11.2. The molecule has 0 spiro atoms. The zero-order valence-electron chi connectivity index (χ0n) is 25.4. The SMILES string of the molecule is COc1ncc(-c2cnc(N(C(=O)NCc3ccccc3)[C@H]3CC[C@H](Nc4ncc(C(F)(F)F)c(NC5COC5)n4)CC3)nc2)cn1. The summed E-state index contributed by atoms with van der Waals surface area (Å²) in [5.41, 5.74) is 1.37. The van der Waals surface area contributed by atoms with E-state index in [0.29, 0.717) is 56.6 Å². The molecule has 6 rings (SSSR count). The van der Waals surface area contributed by atoms with Gasteiger partial charge in [-0.15, -0.1) is 0 Å². The largest absolute Gasteiger partial charge is 0.467 e. The monoisotopic (exact) mass is 650 g/mol. The molecule has 0 atom stereocenters. The van der Waals surface area contributed by atoms with Gasteiger partial charge in [-0.3, -0.25) is 4.90 Å². The lowest BCUT2D eigenvalue weighted by Gasteiger charge is -2.36. The molecule has 0 radical (unpaired) electrons. The van der Waals surface area contributed by atoms with Crippen LogP contribution in [0.25, 0.3) is 11.1 Å². The van der Waals surface area contributed by atoms with Crippen molar-refractivity contribution in [2.75, 3.05) is 35.9 Å². The van der Waals surface area contributed by atoms with Crippen molar-refractivity contribution in [2.24, 2.45) is 0 Å². The standard InChI is InChI=1S/C31H33F3N10O3/c1-46-29-38-14-21(15-39-29)20-12-36-28(37-13-20)44(30(45)40-11-19-5-3-2-4-6-19)24-9-7-22(8-10-24)42-27-35-16-25(31(32,33)34)26(43-27)41-23-17-47-18-23/h2-6,12-16,22-24H,7-11,17-18H2,1H3,(H,40,45)(H2,35,41,42,43)/t22-,24-. The minimum absolute atomic E-state index is 0.100. The summed E-state index contributed by atoms with van der Waals surface area (Å²) in [6.07, 6.45) is 5.00. The highest BCUT2D eigenvalue weighted by Crippen LogP contribution is 2.35. The van der Waals surface area contributed by atoms with E-state index in [1.807, 2.05) is 30.3 Å². The molecular weight excluding hydrogens is 617 g/mol. The van der Waals surface area contributed by atoms with Crippen molar-refractivity contribution in [1.82, 2.24) is 35.2 Å². The van der Waals surface area contributed by atoms with Gasteiger partial charge in [-0.1, -0.05) is 30.3 Å². The fraction of sp³-hybridized carbons (Fsp3) is 0.387. The number of amides is 2. The lowest BCUT2D eigenvalue weighted by atomic mass is 9.90. The Morgan fingerprint density at radius 3 is 2.15 bits per heavy atom. The Hall–Kier alpha value is -5.12. The van der Waals surface area contributed by atoms with Crippen molar-refractivity contribution in [3.63, 3.8) is 0 Å². The van der Waals surface area contributed by atoms with Crippen LogP contribution in [0.4, 0.5) is 35.7 Å². The number of methoxy groups -OCH3 is 1. The van der Waals surface area contributed by atoms with Crippen LogP contribution < -0.4 is 25.6 Å². The van der Waals surface area contributed by atoms with Gasteiger partial charge in [0, 0.05) is 60.7 Å². The number of carbonyl (C=O) groups is 1. The molecule has 0 unspecified atom stereocenters. The quantitative estimate of drug-likeness (QED) is 0.219. The average molecular weight is 651 g/mol. The van der Waals surface area contributed by atoms with Gasteiger partial charge < -0.3 is 25.4 Å². The van der Waals surface area contributed by atoms with E-state index in [1.165, 1.54) is 7.11 Å². The molecule has 246 valence electrons. The van der Waals surface area contributed by atoms with Crippen molar-refractivity contribution in [1.29, 1.82) is 0 Å². The Balaban J connectivity index is 1.15. The third-order valence-electron chi connectivity index (χ3n) is 7.97. The van der Waals surface area contributed by atoms with E-state index in [4.69, 9.17) is 9.47 Å². The van der Waals surface area contributed by atoms with E-state index < -0.39 is 11.7 Å². The summed E-state index contributed by atoms with van der Waals surface area (Å²) in [6.45, 7) is 0.945. The summed E-state index contributed by atoms with van der Waals surface area (Å²) in [5, 5.41) is 8.98. The molecule has 3 N–H and O–H groups in total. The van der Waals surface area contributed by atoms with Crippen LogP contribution in [0.1, 0.15) is 36.8 Å². The molecule has 2 amide bonds. The Morgan fingerprint density at radius 2 is 1.55 bits per heavy atom. The van der Waals surface area contributed by atoms with Gasteiger partial charge in [0.05, 0.1) is 26.4 Å². The molecule has 16 heteroatoms. The number of anilines is 3. The number of hydrogen-bond acceptors (Lipinski definition) is 11. The first-order chi connectivity index (χ1) is 22.8. The zero-order valence-corrected chi connectivity index (χ0v) is 25.4. The van der Waals surface area contributed by atoms with E-state index in [-0.39, 0.29) is 47.9 Å². The highest BCUT2D eigenvalue weighted by molar-refractivity contribution is 5.90. The topological polar surface area (TPSA) is 152 Å². The van der Waals surface area contributed by atoms with Gasteiger partial charge in [0.15, 0.2) is 0 Å². The normalized spacial score (nSPS) is 18.1. The third-order valence-corrected chi connectivity index (χ3v) is 7.97. The van der Waals surface area contributed by atoms with Crippen molar-refractivity contribution < 1.29 is 27.4 Å². The average Bonchev–Trinajstić information content (AvgIpc) is 3.07. The van der Waals surface area contributed by atoms with E-state index in [1.54, 1.807) is 29.7 Å². The Morgan fingerprint density at radius 1 is 0.894 bits per heavy atom. The molecule has 1 saturated carbocycles. The molecule has 2 fully saturated rings. The number of rotatable bonds is 10. The molecule has 1 saturated heterocycles. The van der Waals surface area contributed by atoms with Crippen LogP contribution >= 0.6 is 0 Å². The van der Waals surface area contributed by atoms with Crippen LogP contribution in [0.15, 0.2) is 61.3 Å². The first-order valence-corrected chi connectivity index (χ1v) is 15.1. The number of nitrogens with one attached hydrogen (secondary N) is 3. The molecule has 1 aromatic carbocycles. The second kappa shape index (κ2) is 14.1. The van der Waals surface area contributed by atoms with Crippen molar-refractivity contribution >= 4 is 23.7 Å². The summed E-state index contributed by atoms with van der Waals surface area (Å²) in [7, 11) is 1.48. The summed E-state index contributed by atoms with van der Waals surface area (Å²) < 4.78 is 50.9. The van der Waals surface area contributed by atoms with E-state index in [0.717, 1.165) is 11.8 Å². The molecule has 3 aromatic heterocycles. The Bertz CT molecular complexity index is 1630. The first kappa shape index (κ1) is 31.8. The van der Waals surface area contributed by atoms with Gasteiger partial charge in [-0.25, -0.2) is 29.7 Å². The summed E-state index contributed by atoms with van der Waals surface area (Å²) in [4.78, 5) is 40.6. The first-order valence-electron chi connectivity index (χ1n) is 15.1. The maximum atomic E-state index is 13.6. The highest BCUT2D eigenvalue weighted by atomic mass is 19.4. The number of nitrogens with zero attached hydrogens (tertiary/aromatic N) is 7. The lowest BCUT2D eigenvalue weighted by molar-refractivity contribution is -0.137. The van der Waals surface area contributed by atoms with Gasteiger partial charge in [0.1, 0.15) is 11.4 Å². The number of carbonyl (C=O) groups excluding carboxylic acids is 1. The lowest BCUT2D eigenvalue weighted by Crippen LogP contribution is -2.49. The minimum atomic E-state index is -4.60. The van der Waals surface area contributed by atoms with Crippen LogP contribution in [0.2, 0.25) is 0 Å². The maximum absolute atomic E-state index is 13.6. The van der Waals surface area contributed by atoms with Crippen molar-refractivity contribution in [3.8, 4) is 17.1 Å². The maximum Gasteiger partial charge on any atom is 0.421 e. The van der Waals surface area contributed by atoms with Gasteiger partial charge in [-0.2, -0.15) is 18.2 Å². The number of benzene rings is 1. The Kier molecular flexibility index (Phi) is 9.56. The van der Waals surface area contributed by atoms with Gasteiger partial charge in [0.2, 0.25) is 11.9 Å². The number of hydrogen-bond donors (Lipinski definition) is 3. The smallest absolute Gasteiger partial charge is 0.421 e. The van der Waals surface area contributed by atoms with E-state index >= 15 is 0 Å². The van der Waals surface area contributed by atoms with Crippen LogP contribution in [0.5, 0.6) is 6.01 Å². The van der Waals surface area contributed by atoms with E-state index in [9.17, 15) is 18.0 Å². The van der Waals surface area contributed by atoms with E-state index in [2.05, 4.69) is 45.9 Å². The molecular formula is C31H33F3N10O3. The number of alkyl halides is 3. The van der Waals surface area contributed by atoms with Crippen LogP contribution in [0.3, 0.4) is 0 Å². The molecule has 0 bridgehead atoms. The molecule has 4 aromatic rings. The number of ether oxygens (including phenoxy) is 2.